The molecular formula is C13H26N2. The van der Waals surface area contributed by atoms with E-state index in [1.807, 2.05) is 0 Å². The predicted octanol–water partition coefficient (Wildman–Crippen LogP) is 2.06. The molecule has 15 heavy (non-hydrogen) atoms. The lowest BCUT2D eigenvalue weighted by molar-refractivity contribution is 0.104. The molecule has 2 saturated heterocycles. The molecule has 0 aromatic rings. The number of nitrogens with zero attached hydrogens (tertiary/aromatic N) is 2. The van der Waals surface area contributed by atoms with Crippen LogP contribution in [0.3, 0.4) is 0 Å². The molecule has 0 bridgehead atoms. The van der Waals surface area contributed by atoms with Crippen LogP contribution in [-0.4, -0.2) is 48.1 Å². The first kappa shape index (κ1) is 11.4. The van der Waals surface area contributed by atoms with Gasteiger partial charge in [-0.3, -0.25) is 4.90 Å². The summed E-state index contributed by atoms with van der Waals surface area (Å²) in [5.41, 5.74) is 0.499. The van der Waals surface area contributed by atoms with Gasteiger partial charge in [0.05, 0.1) is 0 Å². The summed E-state index contributed by atoms with van der Waals surface area (Å²) in [6.07, 6.45) is 0. The van der Waals surface area contributed by atoms with Gasteiger partial charge in [-0.15, -0.1) is 0 Å². The Labute approximate surface area is 94.6 Å². The minimum Gasteiger partial charge on any atom is -0.303 e. The molecular weight excluding hydrogens is 184 g/mol. The van der Waals surface area contributed by atoms with Crippen molar-refractivity contribution in [2.24, 2.45) is 11.3 Å². The minimum absolute atomic E-state index is 0.499. The maximum Gasteiger partial charge on any atom is 0.0142 e. The van der Waals surface area contributed by atoms with E-state index in [0.29, 0.717) is 11.5 Å². The largest absolute Gasteiger partial charge is 0.303 e. The average molecular weight is 210 g/mol. The highest BCUT2D eigenvalue weighted by molar-refractivity contribution is 5.10. The van der Waals surface area contributed by atoms with Gasteiger partial charge in [-0.2, -0.15) is 0 Å². The fourth-order valence-electron chi connectivity index (χ4n) is 3.89. The number of likely N-dealkylation sites (tertiary alicyclic amines) is 2. The van der Waals surface area contributed by atoms with Crippen LogP contribution < -0.4 is 0 Å². The van der Waals surface area contributed by atoms with Crippen LogP contribution in [0.25, 0.3) is 0 Å². The molecule has 88 valence electrons. The van der Waals surface area contributed by atoms with Gasteiger partial charge in [0.1, 0.15) is 0 Å². The van der Waals surface area contributed by atoms with Gasteiger partial charge in [0, 0.05) is 36.6 Å². The van der Waals surface area contributed by atoms with Crippen molar-refractivity contribution in [3.8, 4) is 0 Å². The lowest BCUT2D eigenvalue weighted by Crippen LogP contribution is -2.46. The molecule has 2 aliphatic heterocycles. The Bertz CT molecular complexity index is 251. The number of rotatable bonds is 1. The summed E-state index contributed by atoms with van der Waals surface area (Å²) >= 11 is 0. The summed E-state index contributed by atoms with van der Waals surface area (Å²) in [4.78, 5) is 5.23. The third-order valence-electron chi connectivity index (χ3n) is 5.44. The van der Waals surface area contributed by atoms with Crippen molar-refractivity contribution in [3.05, 3.63) is 0 Å². The molecule has 0 spiro atoms. The zero-order chi connectivity index (χ0) is 11.4. The van der Waals surface area contributed by atoms with Crippen molar-refractivity contribution >= 4 is 0 Å². The van der Waals surface area contributed by atoms with E-state index in [-0.39, 0.29) is 0 Å². The van der Waals surface area contributed by atoms with Crippen LogP contribution in [0.15, 0.2) is 0 Å². The van der Waals surface area contributed by atoms with E-state index >= 15 is 0 Å². The SMILES string of the molecule is CC(C)N1CC2CN(C)C(C)C2(C)C1C. The van der Waals surface area contributed by atoms with Gasteiger partial charge in [0.2, 0.25) is 0 Å². The highest BCUT2D eigenvalue weighted by Crippen LogP contribution is 2.50. The van der Waals surface area contributed by atoms with Gasteiger partial charge in [-0.25, -0.2) is 0 Å². The Hall–Kier alpha value is -0.0800. The highest BCUT2D eigenvalue weighted by Gasteiger charge is 2.57. The zero-order valence-electron chi connectivity index (χ0n) is 11.1. The lowest BCUT2D eigenvalue weighted by atomic mass is 9.73. The van der Waals surface area contributed by atoms with E-state index in [1.54, 1.807) is 0 Å². The fourth-order valence-corrected chi connectivity index (χ4v) is 3.89. The molecule has 0 N–H and O–H groups in total. The number of fused-ring (bicyclic) bond motifs is 1. The van der Waals surface area contributed by atoms with Crippen LogP contribution >= 0.6 is 0 Å². The van der Waals surface area contributed by atoms with E-state index in [4.69, 9.17) is 0 Å². The number of hydrogen-bond acceptors (Lipinski definition) is 2. The molecule has 0 aromatic carbocycles. The Morgan fingerprint density at radius 3 is 2.20 bits per heavy atom. The van der Waals surface area contributed by atoms with E-state index in [2.05, 4.69) is 51.5 Å². The summed E-state index contributed by atoms with van der Waals surface area (Å²) in [6, 6.07) is 2.14. The standard InChI is InChI=1S/C13H26N2/c1-9(2)15-8-12-7-14(6)10(3)13(12,5)11(15)4/h9-12H,7-8H2,1-6H3. The topological polar surface area (TPSA) is 6.48 Å². The predicted molar refractivity (Wildman–Crippen MR) is 65.0 cm³/mol. The summed E-state index contributed by atoms with van der Waals surface area (Å²) < 4.78 is 0. The Kier molecular flexibility index (Phi) is 2.63. The zero-order valence-corrected chi connectivity index (χ0v) is 11.1. The van der Waals surface area contributed by atoms with Crippen LogP contribution in [0.1, 0.15) is 34.6 Å². The first-order valence-electron chi connectivity index (χ1n) is 6.35. The summed E-state index contributed by atoms with van der Waals surface area (Å²) in [7, 11) is 2.28. The molecule has 2 aliphatic rings. The molecule has 4 atom stereocenters. The summed E-state index contributed by atoms with van der Waals surface area (Å²) in [5, 5.41) is 0. The van der Waals surface area contributed by atoms with E-state index in [9.17, 15) is 0 Å². The first-order chi connectivity index (χ1) is 6.89. The molecule has 2 heterocycles. The van der Waals surface area contributed by atoms with Gasteiger partial charge < -0.3 is 4.90 Å². The first-order valence-corrected chi connectivity index (χ1v) is 6.35. The van der Waals surface area contributed by atoms with Crippen LogP contribution in [0, 0.1) is 11.3 Å². The second-order valence-electron chi connectivity index (χ2n) is 6.15. The number of hydrogen-bond donors (Lipinski definition) is 0. The van der Waals surface area contributed by atoms with Crippen LogP contribution in [0.4, 0.5) is 0 Å². The molecule has 0 amide bonds. The van der Waals surface area contributed by atoms with Gasteiger partial charge in [0.25, 0.3) is 0 Å². The van der Waals surface area contributed by atoms with Crippen molar-refractivity contribution in [1.29, 1.82) is 0 Å². The molecule has 0 aliphatic carbocycles. The van der Waals surface area contributed by atoms with Crippen LogP contribution in [0.5, 0.6) is 0 Å². The quantitative estimate of drug-likeness (QED) is 0.653. The highest BCUT2D eigenvalue weighted by atomic mass is 15.3. The molecule has 2 heteroatoms. The molecule has 0 radical (unpaired) electrons. The molecule has 2 fully saturated rings. The van der Waals surface area contributed by atoms with Gasteiger partial charge >= 0.3 is 0 Å². The van der Waals surface area contributed by atoms with Crippen molar-refractivity contribution in [1.82, 2.24) is 9.80 Å². The smallest absolute Gasteiger partial charge is 0.0142 e. The fraction of sp³-hybridized carbons (Fsp3) is 1.00. The third-order valence-corrected chi connectivity index (χ3v) is 5.44. The average Bonchev–Trinajstić information content (AvgIpc) is 2.53. The second kappa shape index (κ2) is 3.46. The van der Waals surface area contributed by atoms with E-state index in [1.165, 1.54) is 13.1 Å². The van der Waals surface area contributed by atoms with Crippen molar-refractivity contribution in [2.45, 2.75) is 52.7 Å². The van der Waals surface area contributed by atoms with Crippen LogP contribution in [0.2, 0.25) is 0 Å². The summed E-state index contributed by atoms with van der Waals surface area (Å²) in [5.74, 6) is 0.870. The molecule has 2 rings (SSSR count). The molecule has 2 nitrogen and oxygen atoms in total. The van der Waals surface area contributed by atoms with Crippen molar-refractivity contribution < 1.29 is 0 Å². The summed E-state index contributed by atoms with van der Waals surface area (Å²) in [6.45, 7) is 14.6. The van der Waals surface area contributed by atoms with E-state index in [0.717, 1.165) is 18.0 Å². The van der Waals surface area contributed by atoms with E-state index < -0.39 is 0 Å². The molecule has 0 aromatic heterocycles. The van der Waals surface area contributed by atoms with Crippen molar-refractivity contribution in [3.63, 3.8) is 0 Å². The monoisotopic (exact) mass is 210 g/mol. The van der Waals surface area contributed by atoms with Gasteiger partial charge in [0.15, 0.2) is 0 Å². The Morgan fingerprint density at radius 2 is 1.73 bits per heavy atom. The third kappa shape index (κ3) is 1.38. The van der Waals surface area contributed by atoms with Crippen molar-refractivity contribution in [2.75, 3.05) is 20.1 Å². The lowest BCUT2D eigenvalue weighted by Gasteiger charge is -2.38. The minimum atomic E-state index is 0.499. The van der Waals surface area contributed by atoms with Crippen LogP contribution in [-0.2, 0) is 0 Å². The molecule has 0 saturated carbocycles. The maximum atomic E-state index is 2.69. The normalized spacial score (nSPS) is 47.8. The van der Waals surface area contributed by atoms with Gasteiger partial charge in [-0.1, -0.05) is 6.92 Å². The molecule has 4 unspecified atom stereocenters. The Balaban J connectivity index is 2.25. The van der Waals surface area contributed by atoms with Gasteiger partial charge in [-0.05, 0) is 40.7 Å². The maximum absolute atomic E-state index is 2.69. The second-order valence-corrected chi connectivity index (χ2v) is 6.15. The Morgan fingerprint density at radius 1 is 1.13 bits per heavy atom.